The molecule has 4 aromatic carbocycles. The van der Waals surface area contributed by atoms with Crippen molar-refractivity contribution < 1.29 is 23.6 Å². The molecule has 0 bridgehead atoms. The molecular weight excluding hydrogens is 825 g/mol. The second kappa shape index (κ2) is 71.3. The number of hydrogen-bond donors (Lipinski definition) is 0. The number of rotatable bonds is 0. The average Bonchev–Trinajstić information content (AvgIpc) is 3.84. The highest BCUT2D eigenvalue weighted by Crippen LogP contribution is 2.23. The molecule has 62 heavy (non-hydrogen) atoms. The maximum Gasteiger partial charge on any atom is 0.134 e. The second-order valence-electron chi connectivity index (χ2n) is 10.7. The zero-order valence-corrected chi connectivity index (χ0v) is 46.0. The van der Waals surface area contributed by atoms with Crippen molar-refractivity contribution in [2.75, 3.05) is 0 Å². The van der Waals surface area contributed by atoms with Gasteiger partial charge in [0, 0.05) is 15.0 Å². The van der Waals surface area contributed by atoms with Crippen LogP contribution in [0.25, 0.3) is 21.1 Å². The van der Waals surface area contributed by atoms with Crippen molar-refractivity contribution in [3.05, 3.63) is 144 Å². The van der Waals surface area contributed by atoms with Crippen molar-refractivity contribution in [3.8, 4) is 0 Å². The van der Waals surface area contributed by atoms with Gasteiger partial charge in [-0.15, -0.1) is 11.3 Å². The molecule has 0 aliphatic carbocycles. The summed E-state index contributed by atoms with van der Waals surface area (Å²) in [4.78, 5) is 39.2. The quantitative estimate of drug-likeness (QED) is 0.152. The third-order valence-corrected chi connectivity index (χ3v) is 5.46. The van der Waals surface area contributed by atoms with Crippen molar-refractivity contribution >= 4 is 82.5 Å². The SMILES string of the molecule is CC.CC.CC.CC.CC.CC.CC(C)=O.CC(C)=O.CC(C)=O.CC(C)=O.Cc1cc2ccccc2o1.Cc1cc2ccccc2s1.S.S.c1ccccc1.c1ccccc1. The number of aryl methyl sites for hydroxylation is 2. The molecule has 6 aromatic rings. The molecule has 0 radical (unpaired) electrons. The van der Waals surface area contributed by atoms with Crippen molar-refractivity contribution in [3.63, 3.8) is 0 Å². The third-order valence-electron chi connectivity index (χ3n) is 4.43. The Morgan fingerprint density at radius 2 is 0.613 bits per heavy atom. The molecule has 0 N–H and O–H groups in total. The lowest BCUT2D eigenvalue weighted by Crippen LogP contribution is -1.69. The van der Waals surface area contributed by atoms with E-state index in [2.05, 4.69) is 37.3 Å². The molecule has 0 fully saturated rings. The van der Waals surface area contributed by atoms with E-state index in [4.69, 9.17) is 4.42 Å². The van der Waals surface area contributed by atoms with Crippen LogP contribution in [0, 0.1) is 13.8 Å². The molecule has 0 saturated heterocycles. The maximum absolute atomic E-state index is 9.44. The van der Waals surface area contributed by atoms with Crippen LogP contribution >= 0.6 is 38.3 Å². The molecule has 5 nitrogen and oxygen atoms in total. The van der Waals surface area contributed by atoms with E-state index < -0.39 is 0 Å². The Hall–Kier alpha value is -4.24. The largest absolute Gasteiger partial charge is 0.461 e. The standard InChI is InChI=1S/C9H8O.C9H8S.2C6H6.4C3H6O.6C2H6.2H2S/c2*1-7-6-8-4-2-3-5-9(8)10-7;2*1-2-4-6-5-3-1;4*1-3(2)4;6*1-2;;/h2*2-6H,1H3;2*1-6H;4*1-2H3;6*1-2H3;2*1H2. The van der Waals surface area contributed by atoms with Crippen LogP contribution in [0.5, 0.6) is 0 Å². The van der Waals surface area contributed by atoms with E-state index >= 15 is 0 Å². The number of benzene rings is 4. The minimum Gasteiger partial charge on any atom is -0.461 e. The fourth-order valence-electron chi connectivity index (χ4n) is 3.00. The molecule has 6 rings (SSSR count). The Morgan fingerprint density at radius 1 is 0.371 bits per heavy atom. The molecule has 0 aliphatic heterocycles. The number of thiophene rings is 1. The van der Waals surface area contributed by atoms with Gasteiger partial charge in [0.1, 0.15) is 34.5 Å². The highest BCUT2D eigenvalue weighted by atomic mass is 32.1. The summed E-state index contributed by atoms with van der Waals surface area (Å²) in [6.07, 6.45) is 0. The smallest absolute Gasteiger partial charge is 0.134 e. The number of hydrogen-bond acceptors (Lipinski definition) is 6. The van der Waals surface area contributed by atoms with E-state index in [0.29, 0.717) is 0 Å². The summed E-state index contributed by atoms with van der Waals surface area (Å²) in [6, 6.07) is 44.7. The van der Waals surface area contributed by atoms with E-state index in [0.717, 1.165) is 11.3 Å². The van der Waals surface area contributed by atoms with Crippen LogP contribution in [0.15, 0.2) is 138 Å². The molecule has 0 atom stereocenters. The molecule has 8 heteroatoms. The minimum absolute atomic E-state index is 0. The van der Waals surface area contributed by atoms with Crippen LogP contribution < -0.4 is 0 Å². The topological polar surface area (TPSA) is 81.4 Å². The Balaban J connectivity index is -0.0000000614. The van der Waals surface area contributed by atoms with Crippen molar-refractivity contribution in [1.29, 1.82) is 0 Å². The second-order valence-corrected chi connectivity index (χ2v) is 12.0. The van der Waals surface area contributed by atoms with Gasteiger partial charge in [-0.25, -0.2) is 0 Å². The van der Waals surface area contributed by atoms with Crippen LogP contribution in [0.3, 0.4) is 0 Å². The van der Waals surface area contributed by atoms with E-state index in [1.165, 1.54) is 75.7 Å². The van der Waals surface area contributed by atoms with Gasteiger partial charge in [0.15, 0.2) is 0 Å². The number of para-hydroxylation sites is 1. The van der Waals surface area contributed by atoms with Crippen molar-refractivity contribution in [1.82, 2.24) is 0 Å². The van der Waals surface area contributed by atoms with Gasteiger partial charge in [-0.3, -0.25) is 0 Å². The molecular formula is C54H92O5S3. The van der Waals surface area contributed by atoms with Crippen LogP contribution in [-0.2, 0) is 19.2 Å². The number of ketones is 4. The molecule has 356 valence electrons. The summed E-state index contributed by atoms with van der Waals surface area (Å²) in [5.74, 6) is 1.64. The molecule has 2 aromatic heterocycles. The van der Waals surface area contributed by atoms with Gasteiger partial charge in [0.05, 0.1) is 0 Å². The summed E-state index contributed by atoms with van der Waals surface area (Å²) >= 11 is 1.85. The summed E-state index contributed by atoms with van der Waals surface area (Å²) in [5, 5.41) is 2.55. The van der Waals surface area contributed by atoms with E-state index in [9.17, 15) is 19.2 Å². The summed E-state index contributed by atoms with van der Waals surface area (Å²) < 4.78 is 6.76. The number of fused-ring (bicyclic) bond motifs is 2. The Labute approximate surface area is 400 Å². The van der Waals surface area contributed by atoms with E-state index in [1.807, 2.05) is 204 Å². The van der Waals surface area contributed by atoms with Crippen molar-refractivity contribution in [2.24, 2.45) is 0 Å². The zero-order chi connectivity index (χ0) is 48.7. The molecule has 0 spiro atoms. The lowest BCUT2D eigenvalue weighted by molar-refractivity contribution is -0.115. The van der Waals surface area contributed by atoms with Crippen LogP contribution in [-0.4, -0.2) is 23.1 Å². The van der Waals surface area contributed by atoms with Gasteiger partial charge in [-0.1, -0.05) is 192 Å². The highest BCUT2D eigenvalue weighted by Gasteiger charge is 1.95. The Kier molecular flexibility index (Phi) is 93.8. The third kappa shape index (κ3) is 79.9. The van der Waals surface area contributed by atoms with Gasteiger partial charge >= 0.3 is 0 Å². The zero-order valence-electron chi connectivity index (χ0n) is 43.2. The fraction of sp³-hybridized carbons (Fsp3) is 0.407. The lowest BCUT2D eigenvalue weighted by atomic mass is 10.2. The van der Waals surface area contributed by atoms with Crippen LogP contribution in [0.2, 0.25) is 0 Å². The summed E-state index contributed by atoms with van der Waals surface area (Å²) in [6.45, 7) is 40.3. The predicted molar refractivity (Wildman–Crippen MR) is 295 cm³/mol. The molecule has 0 unspecified atom stereocenters. The van der Waals surface area contributed by atoms with Crippen molar-refractivity contribution in [2.45, 2.75) is 152 Å². The van der Waals surface area contributed by atoms with Gasteiger partial charge in [0.2, 0.25) is 0 Å². The Morgan fingerprint density at radius 3 is 0.871 bits per heavy atom. The lowest BCUT2D eigenvalue weighted by Gasteiger charge is -1.82. The normalized spacial score (nSPS) is 7.19. The first-order valence-electron chi connectivity index (χ1n) is 21.4. The predicted octanol–water partition coefficient (Wildman–Crippen LogP) is 18.1. The number of Topliss-reactive ketones (excluding diaryl/α,β-unsaturated/α-hetero) is 4. The van der Waals surface area contributed by atoms with Gasteiger partial charge < -0.3 is 23.6 Å². The monoisotopic (exact) mass is 917 g/mol. The number of carbonyl (C=O) groups is 4. The first kappa shape index (κ1) is 81.6. The van der Waals surface area contributed by atoms with Crippen LogP contribution in [0.4, 0.5) is 0 Å². The van der Waals surface area contributed by atoms with Gasteiger partial charge in [-0.05, 0) is 98.9 Å². The van der Waals surface area contributed by atoms with E-state index in [1.54, 1.807) is 0 Å². The van der Waals surface area contributed by atoms with Crippen LogP contribution in [0.1, 0.15) is 149 Å². The fourth-order valence-corrected chi connectivity index (χ4v) is 3.92. The van der Waals surface area contributed by atoms with Gasteiger partial charge in [0.25, 0.3) is 0 Å². The molecule has 0 aliphatic rings. The molecule has 0 amide bonds. The number of furan rings is 1. The first-order valence-corrected chi connectivity index (χ1v) is 22.3. The van der Waals surface area contributed by atoms with E-state index in [-0.39, 0.29) is 50.1 Å². The molecule has 0 saturated carbocycles. The minimum atomic E-state index is 0. The molecule has 2 heterocycles. The van der Waals surface area contributed by atoms with Gasteiger partial charge in [-0.2, -0.15) is 27.0 Å². The number of carbonyl (C=O) groups excluding carboxylic acids is 4. The highest BCUT2D eigenvalue weighted by molar-refractivity contribution is 7.59. The average molecular weight is 918 g/mol. The first-order chi connectivity index (χ1) is 28.6. The maximum atomic E-state index is 9.44. The summed E-state index contributed by atoms with van der Waals surface area (Å²) in [7, 11) is 0. The summed E-state index contributed by atoms with van der Waals surface area (Å²) in [5.41, 5.74) is 0.972. The Bertz CT molecular complexity index is 1410.